The van der Waals surface area contributed by atoms with Gasteiger partial charge in [0.15, 0.2) is 0 Å². The summed E-state index contributed by atoms with van der Waals surface area (Å²) < 4.78 is 17.6. The van der Waals surface area contributed by atoms with E-state index in [9.17, 15) is 38.4 Å². The van der Waals surface area contributed by atoms with Gasteiger partial charge in [-0.25, -0.2) is 0 Å². The Bertz CT molecular complexity index is 995. The largest absolute Gasteiger partial charge is 2.00 e. The summed E-state index contributed by atoms with van der Waals surface area (Å²) >= 11 is 0. The Kier molecular flexibility index (Phi) is 32.1. The van der Waals surface area contributed by atoms with E-state index >= 15 is 0 Å². The Morgan fingerprint density at radius 3 is 0.729 bits per heavy atom. The maximum atomic E-state index is 10.7. The number of rotatable bonds is 4. The van der Waals surface area contributed by atoms with Crippen molar-refractivity contribution >= 4 is 47.5 Å². The van der Waals surface area contributed by atoms with Gasteiger partial charge in [0.25, 0.3) is 23.9 Å². The monoisotopic (exact) mass is 856 g/mol. The number of hydrogen-bond acceptors (Lipinski definition) is 14. The molecule has 0 aromatic rings. The predicted molar refractivity (Wildman–Crippen MR) is 156 cm³/mol. The van der Waals surface area contributed by atoms with E-state index in [1.54, 1.807) is 12.1 Å². The molecule has 4 aliphatic rings. The topological polar surface area (TPSA) is 277 Å². The second kappa shape index (κ2) is 30.3. The summed E-state index contributed by atoms with van der Waals surface area (Å²) in [6, 6.07) is 1.38. The van der Waals surface area contributed by atoms with E-state index in [1.807, 2.05) is 0 Å². The number of amides is 4. The SMILES string of the molecule is CC#N.CC#N.COC(=O)[C@@H]1CCC(=O)[N-]1.COC(=O)[C@@H]1CCC(=O)[N-]1.COC(=O)[C@@H]1CCC(=O)[N-]1.COC(=O)[C@@H]1CCC(=O)[N-]1.[Rh+2].[Rh+2]. The normalized spacial score (nSPS) is 20.4. The van der Waals surface area contributed by atoms with Crippen LogP contribution in [0.25, 0.3) is 21.3 Å². The molecule has 2 radical (unpaired) electrons. The molecule has 4 amide bonds. The van der Waals surface area contributed by atoms with Crippen LogP contribution < -0.4 is 0 Å². The standard InChI is InChI=1S/4C6H9NO3.2C2H3N.2Rh/c4*1-10-6(9)4-2-3-5(8)7-4;2*1-2-3;;/h4*4H,2-3H2,1H3,(H,7,8);2*1H3;;/q;;;;;;2*+2/p-4/t4*4-;;;;/m0000..../s1. The van der Waals surface area contributed by atoms with Gasteiger partial charge >= 0.3 is 39.0 Å². The molecule has 4 atom stereocenters. The van der Waals surface area contributed by atoms with Gasteiger partial charge in [-0.2, -0.15) is 10.5 Å². The third-order valence-electron chi connectivity index (χ3n) is 5.62. The molecule has 4 heterocycles. The summed E-state index contributed by atoms with van der Waals surface area (Å²) in [5.74, 6) is -2.44. The molecule has 270 valence electrons. The van der Waals surface area contributed by atoms with Crippen LogP contribution in [0.4, 0.5) is 0 Å². The average Bonchev–Trinajstić information content (AvgIpc) is 3.86. The number of carbonyl (C=O) groups excluding carboxylic acids is 8. The Labute approximate surface area is 304 Å². The second-order valence-corrected chi connectivity index (χ2v) is 8.85. The molecule has 0 aromatic carbocycles. The van der Waals surface area contributed by atoms with E-state index in [2.05, 4.69) is 40.2 Å². The van der Waals surface area contributed by atoms with E-state index in [1.165, 1.54) is 42.3 Å². The van der Waals surface area contributed by atoms with Crippen LogP contribution in [-0.4, -0.2) is 100 Å². The van der Waals surface area contributed by atoms with Crippen molar-refractivity contribution in [3.8, 4) is 12.1 Å². The van der Waals surface area contributed by atoms with Gasteiger partial charge in [0.1, 0.15) is 0 Å². The summed E-state index contributed by atoms with van der Waals surface area (Å²) in [6.07, 6.45) is 3.52. The van der Waals surface area contributed by atoms with Gasteiger partial charge in [0.2, 0.25) is 0 Å². The van der Waals surface area contributed by atoms with E-state index < -0.39 is 48.0 Å². The summed E-state index contributed by atoms with van der Waals surface area (Å²) in [5.41, 5.74) is 0. The minimum Gasteiger partial charge on any atom is -0.642 e. The van der Waals surface area contributed by atoms with Gasteiger partial charge in [-0.05, 0) is 49.9 Å². The Hall–Kier alpha value is -4.01. The van der Waals surface area contributed by atoms with Crippen LogP contribution in [0.2, 0.25) is 0 Å². The van der Waals surface area contributed by atoms with Crippen LogP contribution in [0.3, 0.4) is 0 Å². The molecular weight excluding hydrogens is 818 g/mol. The maximum Gasteiger partial charge on any atom is 2.00 e. The van der Waals surface area contributed by atoms with Crippen molar-refractivity contribution in [2.24, 2.45) is 0 Å². The summed E-state index contributed by atoms with van der Waals surface area (Å²) in [6.45, 7) is 2.86. The fourth-order valence-corrected chi connectivity index (χ4v) is 3.48. The number of esters is 4. The summed E-state index contributed by atoms with van der Waals surface area (Å²) in [5, 5.41) is 28.8. The third-order valence-corrected chi connectivity index (χ3v) is 5.62. The molecule has 4 saturated heterocycles. The average molecular weight is 856 g/mol. The molecule has 4 rings (SSSR count). The van der Waals surface area contributed by atoms with Crippen molar-refractivity contribution in [2.75, 3.05) is 28.4 Å². The van der Waals surface area contributed by atoms with Gasteiger partial charge in [-0.3, -0.25) is 19.2 Å². The molecule has 0 saturated carbocycles. The van der Waals surface area contributed by atoms with Gasteiger partial charge in [0.05, 0.1) is 64.2 Å². The fourth-order valence-electron chi connectivity index (χ4n) is 3.48. The summed E-state index contributed by atoms with van der Waals surface area (Å²) in [4.78, 5) is 84.8. The van der Waals surface area contributed by atoms with E-state index in [0.29, 0.717) is 51.4 Å². The number of nitriles is 2. The Morgan fingerprint density at radius 1 is 0.500 bits per heavy atom. The fraction of sp³-hybridized carbons (Fsp3) is 0.643. The van der Waals surface area contributed by atoms with Crippen molar-refractivity contribution in [1.29, 1.82) is 10.5 Å². The number of hydrogen-bond donors (Lipinski definition) is 0. The first kappa shape index (κ1) is 50.8. The summed E-state index contributed by atoms with van der Waals surface area (Å²) in [7, 11) is 5.17. The number of nitrogens with zero attached hydrogens (tertiary/aromatic N) is 6. The van der Waals surface area contributed by atoms with Gasteiger partial charge in [-0.15, -0.1) is 0 Å². The first-order valence-electron chi connectivity index (χ1n) is 13.7. The Balaban J connectivity index is -0.000000251. The zero-order chi connectivity index (χ0) is 35.7. The van der Waals surface area contributed by atoms with Crippen LogP contribution in [0.5, 0.6) is 0 Å². The van der Waals surface area contributed by atoms with Crippen molar-refractivity contribution < 1.29 is 96.3 Å². The Morgan fingerprint density at radius 2 is 0.646 bits per heavy atom. The number of methoxy groups -OCH3 is 4. The molecule has 0 aromatic heterocycles. The smallest absolute Gasteiger partial charge is 0.642 e. The molecule has 20 heteroatoms. The van der Waals surface area contributed by atoms with Crippen LogP contribution in [0.1, 0.15) is 65.2 Å². The van der Waals surface area contributed by atoms with Crippen LogP contribution in [0.15, 0.2) is 0 Å². The van der Waals surface area contributed by atoms with E-state index in [0.717, 1.165) is 0 Å². The first-order chi connectivity index (χ1) is 21.8. The zero-order valence-corrected chi connectivity index (χ0v) is 30.5. The molecular formula is C28H38N6O12Rh2. The van der Waals surface area contributed by atoms with Gasteiger partial charge < -0.3 is 59.4 Å². The van der Waals surface area contributed by atoms with Crippen LogP contribution in [-0.2, 0) is 96.3 Å². The molecule has 0 bridgehead atoms. The predicted octanol–water partition coefficient (Wildman–Crippen LogP) is 1.94. The molecule has 0 aliphatic carbocycles. The van der Waals surface area contributed by atoms with Crippen molar-refractivity contribution in [3.63, 3.8) is 0 Å². The molecule has 4 aliphatic heterocycles. The molecule has 48 heavy (non-hydrogen) atoms. The number of carbonyl (C=O) groups is 8. The second-order valence-electron chi connectivity index (χ2n) is 8.85. The van der Waals surface area contributed by atoms with Crippen LogP contribution >= 0.6 is 0 Å². The van der Waals surface area contributed by atoms with Gasteiger partial charge in [0, 0.05) is 13.8 Å². The van der Waals surface area contributed by atoms with Crippen molar-refractivity contribution in [3.05, 3.63) is 21.3 Å². The number of ether oxygens (including phenoxy) is 4. The molecule has 4 fully saturated rings. The molecule has 18 nitrogen and oxygen atoms in total. The van der Waals surface area contributed by atoms with Crippen molar-refractivity contribution in [2.45, 2.75) is 89.4 Å². The third kappa shape index (κ3) is 22.5. The molecule has 0 spiro atoms. The van der Waals surface area contributed by atoms with E-state index in [-0.39, 0.29) is 62.6 Å². The van der Waals surface area contributed by atoms with Crippen molar-refractivity contribution in [1.82, 2.24) is 0 Å². The quantitative estimate of drug-likeness (QED) is 0.222. The van der Waals surface area contributed by atoms with E-state index in [4.69, 9.17) is 10.5 Å². The minimum absolute atomic E-state index is 0. The zero-order valence-electron chi connectivity index (χ0n) is 27.2. The van der Waals surface area contributed by atoms with Crippen LogP contribution in [0, 0.1) is 22.7 Å². The minimum atomic E-state index is -0.530. The first-order valence-corrected chi connectivity index (χ1v) is 13.7. The van der Waals surface area contributed by atoms with Gasteiger partial charge in [-0.1, -0.05) is 25.7 Å². The molecule has 0 N–H and O–H groups in total. The maximum absolute atomic E-state index is 10.7. The molecule has 0 unspecified atom stereocenters.